The molecule has 1 N–H and O–H groups in total. The van der Waals surface area contributed by atoms with Gasteiger partial charge in [0, 0.05) is 23.4 Å². The molecule has 0 aliphatic heterocycles. The zero-order valence-electron chi connectivity index (χ0n) is 15.8. The van der Waals surface area contributed by atoms with E-state index in [1.165, 1.54) is 18.3 Å². The predicted molar refractivity (Wildman–Crippen MR) is 111 cm³/mol. The second-order valence-corrected chi connectivity index (χ2v) is 6.70. The van der Waals surface area contributed by atoms with Crippen molar-refractivity contribution in [2.45, 2.75) is 13.8 Å². The van der Waals surface area contributed by atoms with E-state index >= 15 is 0 Å². The number of aromatic hydroxyl groups is 1. The van der Waals surface area contributed by atoms with Crippen LogP contribution in [0.25, 0.3) is 22.6 Å². The van der Waals surface area contributed by atoms with Gasteiger partial charge in [-0.25, -0.2) is 4.98 Å². The second-order valence-electron chi connectivity index (χ2n) is 6.70. The summed E-state index contributed by atoms with van der Waals surface area (Å²) in [4.78, 5) is 19.2. The van der Waals surface area contributed by atoms with Crippen molar-refractivity contribution in [1.82, 2.24) is 4.98 Å². The molecule has 0 aliphatic carbocycles. The summed E-state index contributed by atoms with van der Waals surface area (Å²) in [5, 5.41) is 21.0. The molecule has 0 spiro atoms. The molecule has 4 rings (SSSR count). The van der Waals surface area contributed by atoms with Gasteiger partial charge in [-0.05, 0) is 61.4 Å². The number of nitro benzene ring substituents is 1. The first-order valence-corrected chi connectivity index (χ1v) is 8.91. The Balaban J connectivity index is 1.67. The fraction of sp³-hybridized carbons (Fsp3) is 0.0909. The first-order valence-electron chi connectivity index (χ1n) is 8.91. The van der Waals surface area contributed by atoms with Gasteiger partial charge in [0.15, 0.2) is 5.58 Å². The Hall–Kier alpha value is -4.00. The van der Waals surface area contributed by atoms with Crippen LogP contribution < -0.4 is 0 Å². The number of aromatic nitrogens is 1. The number of para-hydroxylation sites is 1. The van der Waals surface area contributed by atoms with E-state index in [0.29, 0.717) is 11.6 Å². The smallest absolute Gasteiger partial charge is 0.311 e. The van der Waals surface area contributed by atoms with Crippen molar-refractivity contribution >= 4 is 28.7 Å². The lowest BCUT2D eigenvalue weighted by Gasteiger charge is -2.00. The van der Waals surface area contributed by atoms with Crippen LogP contribution in [0, 0.1) is 24.0 Å². The van der Waals surface area contributed by atoms with Gasteiger partial charge in [0.05, 0.1) is 10.6 Å². The summed E-state index contributed by atoms with van der Waals surface area (Å²) >= 11 is 0. The molecule has 3 aromatic carbocycles. The first-order chi connectivity index (χ1) is 13.9. The monoisotopic (exact) mass is 387 g/mol. The largest absolute Gasteiger partial charge is 0.502 e. The van der Waals surface area contributed by atoms with Gasteiger partial charge in [-0.1, -0.05) is 12.1 Å². The molecule has 0 bridgehead atoms. The van der Waals surface area contributed by atoms with Gasteiger partial charge in [0.1, 0.15) is 5.52 Å². The lowest BCUT2D eigenvalue weighted by Crippen LogP contribution is -1.91. The number of rotatable bonds is 4. The van der Waals surface area contributed by atoms with E-state index in [9.17, 15) is 15.2 Å². The number of phenolic OH excluding ortho intramolecular Hbond substituents is 1. The van der Waals surface area contributed by atoms with E-state index in [0.717, 1.165) is 27.8 Å². The second kappa shape index (κ2) is 7.20. The van der Waals surface area contributed by atoms with Gasteiger partial charge < -0.3 is 9.52 Å². The zero-order valence-corrected chi connectivity index (χ0v) is 15.8. The fourth-order valence-corrected chi connectivity index (χ4v) is 2.97. The molecule has 7 heteroatoms. The predicted octanol–water partition coefficient (Wildman–Crippen LogP) is 5.48. The normalized spacial score (nSPS) is 11.4. The van der Waals surface area contributed by atoms with Gasteiger partial charge >= 0.3 is 5.69 Å². The maximum Gasteiger partial charge on any atom is 0.311 e. The molecule has 7 nitrogen and oxygen atoms in total. The Bertz CT molecular complexity index is 1240. The highest BCUT2D eigenvalue weighted by Gasteiger charge is 2.15. The highest BCUT2D eigenvalue weighted by molar-refractivity contribution is 5.87. The summed E-state index contributed by atoms with van der Waals surface area (Å²) in [6, 6.07) is 15.5. The van der Waals surface area contributed by atoms with Crippen molar-refractivity contribution < 1.29 is 14.4 Å². The van der Waals surface area contributed by atoms with Crippen molar-refractivity contribution in [2.75, 3.05) is 0 Å². The van der Waals surface area contributed by atoms with Gasteiger partial charge in [-0.2, -0.15) is 0 Å². The summed E-state index contributed by atoms with van der Waals surface area (Å²) < 4.78 is 5.89. The molecule has 4 aromatic rings. The van der Waals surface area contributed by atoms with Crippen LogP contribution >= 0.6 is 0 Å². The lowest BCUT2D eigenvalue weighted by atomic mass is 10.1. The summed E-state index contributed by atoms with van der Waals surface area (Å²) in [7, 11) is 0. The fourth-order valence-electron chi connectivity index (χ4n) is 2.97. The van der Waals surface area contributed by atoms with Crippen molar-refractivity contribution in [2.24, 2.45) is 4.99 Å². The topological polar surface area (TPSA) is 102 Å². The van der Waals surface area contributed by atoms with E-state index in [1.807, 2.05) is 38.1 Å². The number of hydrogen-bond acceptors (Lipinski definition) is 6. The van der Waals surface area contributed by atoms with E-state index in [-0.39, 0.29) is 11.3 Å². The number of aryl methyl sites for hydroxylation is 2. The average molecular weight is 387 g/mol. The Labute approximate surface area is 166 Å². The Morgan fingerprint density at radius 3 is 2.66 bits per heavy atom. The average Bonchev–Trinajstić information content (AvgIpc) is 3.10. The molecule has 0 atom stereocenters. The first kappa shape index (κ1) is 18.4. The van der Waals surface area contributed by atoms with Crippen LogP contribution in [0.2, 0.25) is 0 Å². The van der Waals surface area contributed by atoms with E-state index in [2.05, 4.69) is 9.98 Å². The molecule has 1 aromatic heterocycles. The van der Waals surface area contributed by atoms with Gasteiger partial charge in [-0.15, -0.1) is 0 Å². The number of phenols is 1. The molecule has 0 aliphatic rings. The lowest BCUT2D eigenvalue weighted by molar-refractivity contribution is -0.385. The van der Waals surface area contributed by atoms with E-state index < -0.39 is 10.7 Å². The summed E-state index contributed by atoms with van der Waals surface area (Å²) in [5.41, 5.74) is 5.05. The van der Waals surface area contributed by atoms with Crippen LogP contribution in [0.3, 0.4) is 0 Å². The molecule has 29 heavy (non-hydrogen) atoms. The van der Waals surface area contributed by atoms with Crippen LogP contribution in [0.4, 0.5) is 11.4 Å². The van der Waals surface area contributed by atoms with E-state index in [4.69, 9.17) is 4.42 Å². The number of aliphatic imine (C=N–C) groups is 1. The van der Waals surface area contributed by atoms with Crippen molar-refractivity contribution in [3.8, 4) is 17.2 Å². The third kappa shape index (κ3) is 3.58. The number of oxazole rings is 1. The molecule has 0 unspecified atom stereocenters. The van der Waals surface area contributed by atoms with Crippen molar-refractivity contribution in [3.05, 3.63) is 81.4 Å². The summed E-state index contributed by atoms with van der Waals surface area (Å²) in [5.74, 6) is 0.0716. The molecule has 144 valence electrons. The van der Waals surface area contributed by atoms with Crippen LogP contribution in [0.15, 0.2) is 64.0 Å². The quantitative estimate of drug-likeness (QED) is 0.284. The Kier molecular flexibility index (Phi) is 4.56. The number of nitrogens with zero attached hydrogens (tertiary/aromatic N) is 3. The molecular formula is C22H17N3O4. The summed E-state index contributed by atoms with van der Waals surface area (Å²) in [6.07, 6.45) is 1.39. The minimum atomic E-state index is -0.635. The van der Waals surface area contributed by atoms with Crippen molar-refractivity contribution in [1.29, 1.82) is 0 Å². The Morgan fingerprint density at radius 2 is 1.86 bits per heavy atom. The van der Waals surface area contributed by atoms with Gasteiger partial charge in [0.2, 0.25) is 11.6 Å². The van der Waals surface area contributed by atoms with Crippen LogP contribution in [0.5, 0.6) is 5.75 Å². The molecule has 0 saturated heterocycles. The number of hydrogen-bond donors (Lipinski definition) is 1. The maximum absolute atomic E-state index is 10.9. The highest BCUT2D eigenvalue weighted by atomic mass is 16.6. The molecule has 1 heterocycles. The zero-order chi connectivity index (χ0) is 20.5. The standard InChI is InChI=1S/C22H17N3O4/c1-13-9-18-20(10-14(13)2)29-22(24-18)15-5-3-7-17(11-15)23-12-16-6-4-8-19(21(16)26)25(27)28/h3-12,26H,1-2H3. The number of nitro groups is 1. The molecule has 0 fully saturated rings. The number of benzene rings is 3. The molecular weight excluding hydrogens is 370 g/mol. The Morgan fingerprint density at radius 1 is 1.10 bits per heavy atom. The maximum atomic E-state index is 10.9. The molecule has 0 saturated carbocycles. The minimum absolute atomic E-state index is 0.261. The van der Waals surface area contributed by atoms with Crippen molar-refractivity contribution in [3.63, 3.8) is 0 Å². The molecule has 0 amide bonds. The third-order valence-corrected chi connectivity index (χ3v) is 4.69. The van der Waals surface area contributed by atoms with Gasteiger partial charge in [-0.3, -0.25) is 15.1 Å². The minimum Gasteiger partial charge on any atom is -0.502 e. The SMILES string of the molecule is Cc1cc2nc(-c3cccc(N=Cc4cccc([N+](=O)[O-])c4O)c3)oc2cc1C. The van der Waals surface area contributed by atoms with Gasteiger partial charge in [0.25, 0.3) is 0 Å². The van der Waals surface area contributed by atoms with Crippen LogP contribution in [-0.2, 0) is 0 Å². The molecule has 0 radical (unpaired) electrons. The van der Waals surface area contributed by atoms with Crippen LogP contribution in [-0.4, -0.2) is 21.2 Å². The van der Waals surface area contributed by atoms with E-state index in [1.54, 1.807) is 18.2 Å². The summed E-state index contributed by atoms with van der Waals surface area (Å²) in [6.45, 7) is 4.05. The van der Waals surface area contributed by atoms with Crippen LogP contribution in [0.1, 0.15) is 16.7 Å². The highest BCUT2D eigenvalue weighted by Crippen LogP contribution is 2.30. The third-order valence-electron chi connectivity index (χ3n) is 4.69. The number of fused-ring (bicyclic) bond motifs is 1.